The molecule has 0 aromatic rings. The predicted molar refractivity (Wildman–Crippen MR) is 43.6 cm³/mol. The molecule has 4 heteroatoms. The lowest BCUT2D eigenvalue weighted by Crippen LogP contribution is -2.25. The molecule has 0 rings (SSSR count). The number of carbonyl (C=O) groups is 1. The number of aliphatic hydroxyl groups excluding tert-OH is 2. The van der Waals surface area contributed by atoms with Crippen molar-refractivity contribution in [1.29, 1.82) is 0 Å². The molecule has 4 nitrogen and oxygen atoms in total. The van der Waals surface area contributed by atoms with Gasteiger partial charge in [-0.15, -0.1) is 0 Å². The summed E-state index contributed by atoms with van der Waals surface area (Å²) in [5.74, 6) is -1.45. The Morgan fingerprint density at radius 3 is 2.75 bits per heavy atom. The van der Waals surface area contributed by atoms with Crippen LogP contribution in [0.25, 0.3) is 0 Å². The minimum absolute atomic E-state index is 0.138. The number of rotatable bonds is 4. The first-order chi connectivity index (χ1) is 5.99. The minimum atomic E-state index is -1.67. The van der Waals surface area contributed by atoms with Crippen LogP contribution in [-0.2, 0) is 9.53 Å². The van der Waals surface area contributed by atoms with Gasteiger partial charge >= 0.3 is 5.97 Å². The Balaban J connectivity index is 4.24. The summed E-state index contributed by atoms with van der Waals surface area (Å²) in [5.41, 5.74) is 0. The average Bonchev–Trinajstić information content (AvgIpc) is 2.02. The fourth-order valence-corrected chi connectivity index (χ4v) is 0.604. The highest BCUT2D eigenvalue weighted by Crippen LogP contribution is 2.01. The minimum Gasteiger partial charge on any atom is -0.509 e. The fourth-order valence-electron chi connectivity index (χ4n) is 0.604. The van der Waals surface area contributed by atoms with Crippen molar-refractivity contribution in [2.45, 2.75) is 26.3 Å². The van der Waals surface area contributed by atoms with E-state index >= 15 is 0 Å². The Hall–Kier alpha value is -1.03. The molecule has 12 heavy (non-hydrogen) atoms. The van der Waals surface area contributed by atoms with E-state index in [-0.39, 0.29) is 6.61 Å². The van der Waals surface area contributed by atoms with Crippen LogP contribution in [0.2, 0.25) is 0 Å². The molecule has 0 spiro atoms. The van der Waals surface area contributed by atoms with Crippen LogP contribution in [0.1, 0.15) is 21.6 Å². The molecule has 0 aromatic heterocycles. The molecule has 0 heterocycles. The summed E-state index contributed by atoms with van der Waals surface area (Å²) in [4.78, 5) is 10.8. The molecule has 2 unspecified atom stereocenters. The molecule has 0 aliphatic heterocycles. The van der Waals surface area contributed by atoms with Crippen LogP contribution < -0.4 is 0 Å². The smallest absolute Gasteiger partial charge is 0.342 e. The zero-order valence-electron chi connectivity index (χ0n) is 8.15. The first kappa shape index (κ1) is 9.06. The van der Waals surface area contributed by atoms with Crippen LogP contribution in [-0.4, -0.2) is 28.9 Å². The summed E-state index contributed by atoms with van der Waals surface area (Å²) >= 11 is 0. The lowest BCUT2D eigenvalue weighted by atomic mass is 10.2. The van der Waals surface area contributed by atoms with Gasteiger partial charge in [0, 0.05) is 1.37 Å². The summed E-state index contributed by atoms with van der Waals surface area (Å²) in [6, 6.07) is 0. The van der Waals surface area contributed by atoms with E-state index in [1.54, 1.807) is 6.92 Å². The van der Waals surface area contributed by atoms with Gasteiger partial charge < -0.3 is 14.9 Å². The number of hydrogen-bond acceptors (Lipinski definition) is 4. The van der Waals surface area contributed by atoms with Crippen molar-refractivity contribution >= 4 is 5.97 Å². The lowest BCUT2D eigenvalue weighted by molar-refractivity contribution is -0.152. The van der Waals surface area contributed by atoms with Gasteiger partial charge in [0.25, 0.3) is 0 Å². The van der Waals surface area contributed by atoms with Gasteiger partial charge in [-0.2, -0.15) is 0 Å². The molecule has 0 saturated carbocycles. The van der Waals surface area contributed by atoms with Crippen LogP contribution in [0, 0.1) is 0 Å². The molecule has 0 fully saturated rings. The summed E-state index contributed by atoms with van der Waals surface area (Å²) in [7, 11) is 0. The van der Waals surface area contributed by atoms with Gasteiger partial charge in [-0.3, -0.25) is 0 Å². The maximum absolute atomic E-state index is 10.8. The van der Waals surface area contributed by atoms with Gasteiger partial charge in [-0.25, -0.2) is 4.79 Å². The van der Waals surface area contributed by atoms with E-state index < -0.39 is 24.2 Å². The number of hydrogen-bond donors (Lipinski definition) is 2. The van der Waals surface area contributed by atoms with E-state index in [1.807, 2.05) is 0 Å². The molecule has 0 aliphatic rings. The number of allylic oxidation sites excluding steroid dienone is 1. The Kier molecular flexibility index (Phi) is 4.23. The molecular formula is C8H14O4. The predicted octanol–water partition coefficient (Wildman–Crippen LogP) is 0.762. The van der Waals surface area contributed by atoms with Crippen molar-refractivity contribution in [2.75, 3.05) is 6.61 Å². The number of ether oxygens (including phenoxy) is 1. The zero-order chi connectivity index (χ0) is 10.4. The monoisotopic (exact) mass is 175 g/mol. The molecule has 0 aliphatic carbocycles. The van der Waals surface area contributed by atoms with E-state index in [1.165, 1.54) is 6.92 Å². The second kappa shape index (κ2) is 5.60. The number of aliphatic hydroxyl groups is 2. The third kappa shape index (κ3) is 3.39. The maximum Gasteiger partial charge on any atom is 0.342 e. The fraction of sp³-hybridized carbons (Fsp3) is 0.625. The molecule has 70 valence electrons. The SMILES string of the molecule is [2H]C(C)C=C(O)C(O)C(=O)OCC. The molecule has 0 radical (unpaired) electrons. The Morgan fingerprint density at radius 2 is 2.33 bits per heavy atom. The third-order valence-electron chi connectivity index (χ3n) is 1.13. The van der Waals surface area contributed by atoms with E-state index in [4.69, 9.17) is 11.6 Å². The molecular weight excluding hydrogens is 160 g/mol. The molecule has 0 amide bonds. The Bertz CT molecular complexity index is 200. The molecule has 0 bridgehead atoms. The Morgan fingerprint density at radius 1 is 1.75 bits per heavy atom. The van der Waals surface area contributed by atoms with Gasteiger partial charge in [0.05, 0.1) is 6.61 Å². The van der Waals surface area contributed by atoms with Crippen molar-refractivity contribution in [1.82, 2.24) is 0 Å². The lowest BCUT2D eigenvalue weighted by Gasteiger charge is -2.07. The van der Waals surface area contributed by atoms with Crippen molar-refractivity contribution in [2.24, 2.45) is 0 Å². The summed E-state index contributed by atoms with van der Waals surface area (Å²) in [5, 5.41) is 18.2. The van der Waals surface area contributed by atoms with Crippen LogP contribution in [0.3, 0.4) is 0 Å². The highest BCUT2D eigenvalue weighted by Gasteiger charge is 2.19. The van der Waals surface area contributed by atoms with Gasteiger partial charge in [0.1, 0.15) is 5.76 Å². The van der Waals surface area contributed by atoms with Crippen LogP contribution in [0.15, 0.2) is 11.8 Å². The largest absolute Gasteiger partial charge is 0.509 e. The molecule has 0 aromatic carbocycles. The highest BCUT2D eigenvalue weighted by molar-refractivity contribution is 5.77. The van der Waals surface area contributed by atoms with Crippen molar-refractivity contribution in [3.05, 3.63) is 11.8 Å². The molecule has 0 saturated heterocycles. The third-order valence-corrected chi connectivity index (χ3v) is 1.13. The van der Waals surface area contributed by atoms with Crippen molar-refractivity contribution < 1.29 is 21.1 Å². The first-order valence-electron chi connectivity index (χ1n) is 4.24. The van der Waals surface area contributed by atoms with Crippen LogP contribution in [0.4, 0.5) is 0 Å². The summed E-state index contributed by atoms with van der Waals surface area (Å²) in [6.07, 6.45) is -1.28. The Labute approximate surface area is 72.9 Å². The highest BCUT2D eigenvalue weighted by atomic mass is 16.5. The normalized spacial score (nSPS) is 17.9. The van der Waals surface area contributed by atoms with Gasteiger partial charge in [-0.1, -0.05) is 6.92 Å². The molecule has 2 N–H and O–H groups in total. The maximum atomic E-state index is 10.8. The number of carbonyl (C=O) groups excluding carboxylic acids is 1. The zero-order valence-corrected chi connectivity index (χ0v) is 7.15. The van der Waals surface area contributed by atoms with E-state index in [2.05, 4.69) is 4.74 Å². The topological polar surface area (TPSA) is 66.8 Å². The summed E-state index contributed by atoms with van der Waals surface area (Å²) in [6.45, 7) is 3.23. The molecule has 2 atom stereocenters. The van der Waals surface area contributed by atoms with E-state index in [0.29, 0.717) is 0 Å². The van der Waals surface area contributed by atoms with Crippen molar-refractivity contribution in [3.63, 3.8) is 0 Å². The van der Waals surface area contributed by atoms with Gasteiger partial charge in [0.15, 0.2) is 0 Å². The standard InChI is InChI=1S/C8H14O4/c1-3-5-6(9)7(10)8(11)12-4-2/h5,7,9-10H,3-4H2,1-2H3/i3D. The van der Waals surface area contributed by atoms with E-state index in [0.717, 1.165) is 6.08 Å². The van der Waals surface area contributed by atoms with Crippen LogP contribution >= 0.6 is 0 Å². The second-order valence-electron chi connectivity index (χ2n) is 2.08. The van der Waals surface area contributed by atoms with Gasteiger partial charge in [-0.05, 0) is 19.4 Å². The second-order valence-corrected chi connectivity index (χ2v) is 2.08. The van der Waals surface area contributed by atoms with Gasteiger partial charge in [0.2, 0.25) is 6.10 Å². The number of esters is 1. The quantitative estimate of drug-likeness (QED) is 0.489. The van der Waals surface area contributed by atoms with E-state index in [9.17, 15) is 4.79 Å². The average molecular weight is 175 g/mol. The summed E-state index contributed by atoms with van der Waals surface area (Å²) < 4.78 is 11.5. The first-order valence-corrected chi connectivity index (χ1v) is 3.66. The van der Waals surface area contributed by atoms with Crippen LogP contribution in [0.5, 0.6) is 0 Å². The van der Waals surface area contributed by atoms with Crippen molar-refractivity contribution in [3.8, 4) is 0 Å².